The zero-order valence-corrected chi connectivity index (χ0v) is 19.5. The number of rotatable bonds is 4. The molecule has 1 saturated heterocycles. The third-order valence-corrected chi connectivity index (χ3v) is 6.29. The number of hydrogen-bond acceptors (Lipinski definition) is 5. The van der Waals surface area contributed by atoms with Crippen LogP contribution < -0.4 is 4.90 Å². The van der Waals surface area contributed by atoms with Crippen molar-refractivity contribution in [1.29, 1.82) is 0 Å². The topological polar surface area (TPSA) is 66.9 Å². The average Bonchev–Trinajstić information content (AvgIpc) is 3.13. The van der Waals surface area contributed by atoms with E-state index in [1.807, 2.05) is 4.90 Å². The van der Waals surface area contributed by atoms with E-state index in [1.165, 1.54) is 24.3 Å². The molecule has 0 N–H and O–H groups in total. The van der Waals surface area contributed by atoms with Gasteiger partial charge in [0.1, 0.15) is 17.6 Å². The van der Waals surface area contributed by atoms with Crippen LogP contribution >= 0.6 is 11.6 Å². The fraction of sp³-hybridized carbons (Fsp3) is 0.409. The first-order valence-corrected chi connectivity index (χ1v) is 12.2. The summed E-state index contributed by atoms with van der Waals surface area (Å²) in [6.07, 6.45) is 1.71. The first kappa shape index (κ1) is 23.3. The molecule has 1 unspecified atom stereocenters. The van der Waals surface area contributed by atoms with Crippen LogP contribution in [0.3, 0.4) is 0 Å². The standard InChI is InChI=1S/C22H26ClFN2O4S/c1-22(2,3)30-21(27)25-13-5-6-20(25)26(16-9-12-19(24)18(23)14-16)15-7-10-17(11-8-15)31(4,28)29/h7-12,14,20H,5-6,13H2,1-4H3. The Kier molecular flexibility index (Phi) is 6.53. The van der Waals surface area contributed by atoms with E-state index in [0.29, 0.717) is 24.3 Å². The quantitative estimate of drug-likeness (QED) is 0.602. The molecular formula is C22H26ClFN2O4S. The summed E-state index contributed by atoms with van der Waals surface area (Å²) in [6.45, 7) is 5.92. The van der Waals surface area contributed by atoms with Gasteiger partial charge in [-0.2, -0.15) is 0 Å². The summed E-state index contributed by atoms with van der Waals surface area (Å²) < 4.78 is 43.1. The van der Waals surface area contributed by atoms with Crippen molar-refractivity contribution in [2.24, 2.45) is 0 Å². The number of sulfone groups is 1. The number of ether oxygens (including phenoxy) is 1. The second-order valence-corrected chi connectivity index (χ2v) is 11.0. The first-order chi connectivity index (χ1) is 14.4. The monoisotopic (exact) mass is 468 g/mol. The van der Waals surface area contributed by atoms with Gasteiger partial charge < -0.3 is 9.64 Å². The van der Waals surface area contributed by atoms with Gasteiger partial charge in [0.15, 0.2) is 9.84 Å². The minimum Gasteiger partial charge on any atom is -0.444 e. The van der Waals surface area contributed by atoms with Crippen molar-refractivity contribution >= 4 is 38.9 Å². The number of halogens is 2. The first-order valence-electron chi connectivity index (χ1n) is 9.91. The van der Waals surface area contributed by atoms with Gasteiger partial charge in [0.25, 0.3) is 0 Å². The van der Waals surface area contributed by atoms with Crippen molar-refractivity contribution in [3.05, 3.63) is 53.3 Å². The molecule has 0 bridgehead atoms. The van der Waals surface area contributed by atoms with E-state index < -0.39 is 33.5 Å². The third-order valence-electron chi connectivity index (χ3n) is 4.87. The van der Waals surface area contributed by atoms with Gasteiger partial charge in [-0.25, -0.2) is 17.6 Å². The summed E-state index contributed by atoms with van der Waals surface area (Å²) >= 11 is 6.04. The molecule has 1 aliphatic heterocycles. The van der Waals surface area contributed by atoms with E-state index in [1.54, 1.807) is 43.9 Å². The van der Waals surface area contributed by atoms with Gasteiger partial charge in [0.2, 0.25) is 0 Å². The molecule has 1 atom stereocenters. The van der Waals surface area contributed by atoms with Gasteiger partial charge in [-0.05, 0) is 76.1 Å². The number of amides is 1. The summed E-state index contributed by atoms with van der Waals surface area (Å²) in [7, 11) is -3.36. The number of anilines is 2. The van der Waals surface area contributed by atoms with E-state index in [9.17, 15) is 17.6 Å². The third kappa shape index (κ3) is 5.49. The summed E-state index contributed by atoms with van der Waals surface area (Å²) in [4.78, 5) is 16.5. The summed E-state index contributed by atoms with van der Waals surface area (Å²) in [5.41, 5.74) is 0.584. The van der Waals surface area contributed by atoms with Crippen molar-refractivity contribution in [1.82, 2.24) is 4.90 Å². The molecule has 168 valence electrons. The van der Waals surface area contributed by atoms with E-state index in [-0.39, 0.29) is 9.92 Å². The smallest absolute Gasteiger partial charge is 0.411 e. The van der Waals surface area contributed by atoms with Gasteiger partial charge in [0, 0.05) is 24.2 Å². The Bertz CT molecular complexity index is 1070. The molecule has 0 aliphatic carbocycles. The lowest BCUT2D eigenvalue weighted by molar-refractivity contribution is 0.0231. The number of hydrogen-bond donors (Lipinski definition) is 0. The fourth-order valence-corrected chi connectivity index (χ4v) is 4.34. The Morgan fingerprint density at radius 2 is 1.77 bits per heavy atom. The second kappa shape index (κ2) is 8.67. The van der Waals surface area contributed by atoms with Crippen molar-refractivity contribution in [3.8, 4) is 0 Å². The Balaban J connectivity index is 2.05. The highest BCUT2D eigenvalue weighted by atomic mass is 35.5. The number of carbonyl (C=O) groups is 1. The molecule has 6 nitrogen and oxygen atoms in total. The van der Waals surface area contributed by atoms with Crippen LogP contribution in [-0.4, -0.2) is 44.0 Å². The van der Waals surface area contributed by atoms with Crippen LogP contribution in [-0.2, 0) is 14.6 Å². The van der Waals surface area contributed by atoms with E-state index >= 15 is 0 Å². The zero-order valence-electron chi connectivity index (χ0n) is 17.9. The number of nitrogens with zero attached hydrogens (tertiary/aromatic N) is 2. The average molecular weight is 469 g/mol. The highest BCUT2D eigenvalue weighted by molar-refractivity contribution is 7.90. The molecule has 2 aromatic rings. The highest BCUT2D eigenvalue weighted by Gasteiger charge is 2.37. The molecule has 2 aromatic carbocycles. The van der Waals surface area contributed by atoms with Crippen molar-refractivity contribution in [2.45, 2.75) is 50.3 Å². The van der Waals surface area contributed by atoms with E-state index in [2.05, 4.69) is 0 Å². The van der Waals surface area contributed by atoms with Crippen molar-refractivity contribution < 1.29 is 22.3 Å². The molecule has 31 heavy (non-hydrogen) atoms. The molecule has 3 rings (SSSR count). The van der Waals surface area contributed by atoms with Crippen LogP contribution in [0.2, 0.25) is 5.02 Å². The van der Waals surface area contributed by atoms with Gasteiger partial charge >= 0.3 is 6.09 Å². The van der Waals surface area contributed by atoms with Gasteiger partial charge in [-0.1, -0.05) is 11.6 Å². The Labute approximate surface area is 187 Å². The summed E-state index contributed by atoms with van der Waals surface area (Å²) in [6, 6.07) is 10.7. The van der Waals surface area contributed by atoms with Crippen LogP contribution in [0, 0.1) is 5.82 Å². The SMILES string of the molecule is CC(C)(C)OC(=O)N1CCCC1N(c1ccc(S(C)(=O)=O)cc1)c1ccc(F)c(Cl)c1. The molecule has 0 aromatic heterocycles. The van der Waals surface area contributed by atoms with Crippen LogP contribution in [0.4, 0.5) is 20.6 Å². The van der Waals surface area contributed by atoms with Crippen molar-refractivity contribution in [2.75, 3.05) is 17.7 Å². The largest absolute Gasteiger partial charge is 0.444 e. The predicted octanol–water partition coefficient (Wildman–Crippen LogP) is 5.38. The fourth-order valence-electron chi connectivity index (χ4n) is 3.53. The molecular weight excluding hydrogens is 443 g/mol. The summed E-state index contributed by atoms with van der Waals surface area (Å²) in [5, 5.41) is -0.0444. The molecule has 1 heterocycles. The molecule has 1 aliphatic rings. The minimum atomic E-state index is -3.36. The lowest BCUT2D eigenvalue weighted by atomic mass is 10.2. The second-order valence-electron chi connectivity index (χ2n) is 8.53. The van der Waals surface area contributed by atoms with Crippen molar-refractivity contribution in [3.63, 3.8) is 0 Å². The zero-order chi connectivity index (χ0) is 23.0. The van der Waals surface area contributed by atoms with Gasteiger partial charge in [0.05, 0.1) is 9.92 Å². The Morgan fingerprint density at radius 1 is 1.16 bits per heavy atom. The number of likely N-dealkylation sites (tertiary alicyclic amines) is 1. The lowest BCUT2D eigenvalue weighted by Gasteiger charge is -2.37. The highest BCUT2D eigenvalue weighted by Crippen LogP contribution is 2.36. The molecule has 0 spiro atoms. The van der Waals surface area contributed by atoms with Crippen LogP contribution in [0.25, 0.3) is 0 Å². The molecule has 1 amide bonds. The normalized spacial score (nSPS) is 17.0. The minimum absolute atomic E-state index is 0.0444. The number of benzene rings is 2. The van der Waals surface area contributed by atoms with Gasteiger partial charge in [-0.15, -0.1) is 0 Å². The maximum Gasteiger partial charge on any atom is 0.411 e. The van der Waals surface area contributed by atoms with E-state index in [0.717, 1.165) is 12.7 Å². The van der Waals surface area contributed by atoms with Crippen LogP contribution in [0.1, 0.15) is 33.6 Å². The summed E-state index contributed by atoms with van der Waals surface area (Å²) in [5.74, 6) is -0.548. The Morgan fingerprint density at radius 3 is 2.32 bits per heavy atom. The molecule has 0 radical (unpaired) electrons. The Hall–Kier alpha value is -2.32. The van der Waals surface area contributed by atoms with Gasteiger partial charge in [-0.3, -0.25) is 4.90 Å². The number of carbonyl (C=O) groups excluding carboxylic acids is 1. The van der Waals surface area contributed by atoms with Crippen LogP contribution in [0.5, 0.6) is 0 Å². The van der Waals surface area contributed by atoms with Crippen LogP contribution in [0.15, 0.2) is 47.4 Å². The maximum absolute atomic E-state index is 13.8. The maximum atomic E-state index is 13.8. The molecule has 9 heteroatoms. The van der Waals surface area contributed by atoms with E-state index in [4.69, 9.17) is 16.3 Å². The lowest BCUT2D eigenvalue weighted by Crippen LogP contribution is -2.47. The predicted molar refractivity (Wildman–Crippen MR) is 119 cm³/mol. The molecule has 0 saturated carbocycles. The molecule has 1 fully saturated rings.